The van der Waals surface area contributed by atoms with Crippen molar-refractivity contribution in [2.75, 3.05) is 0 Å². The van der Waals surface area contributed by atoms with Gasteiger partial charge in [-0.1, -0.05) is 27.2 Å². The smallest absolute Gasteiger partial charge is 0.115 e. The van der Waals surface area contributed by atoms with Crippen LogP contribution in [0, 0.1) is 0 Å². The van der Waals surface area contributed by atoms with Gasteiger partial charge in [0.05, 0.1) is 0 Å². The van der Waals surface area contributed by atoms with Gasteiger partial charge in [0.15, 0.2) is 0 Å². The lowest BCUT2D eigenvalue weighted by Crippen LogP contribution is -1.87. The van der Waals surface area contributed by atoms with Crippen LogP contribution >= 0.6 is 0 Å². The number of nitrogens with zero attached hydrogens (tertiary/aromatic N) is 2. The summed E-state index contributed by atoms with van der Waals surface area (Å²) < 4.78 is 0. The van der Waals surface area contributed by atoms with Crippen molar-refractivity contribution in [2.24, 2.45) is 0 Å². The van der Waals surface area contributed by atoms with Gasteiger partial charge in [-0.25, -0.2) is 9.97 Å². The van der Waals surface area contributed by atoms with E-state index in [0.29, 0.717) is 0 Å². The summed E-state index contributed by atoms with van der Waals surface area (Å²) in [4.78, 5) is 7.87. The van der Waals surface area contributed by atoms with E-state index in [9.17, 15) is 0 Å². The average Bonchev–Trinajstić information content (AvgIpc) is 2.11. The van der Waals surface area contributed by atoms with Gasteiger partial charge < -0.3 is 0 Å². The first-order chi connectivity index (χ1) is 5.43. The molecule has 0 radical (unpaired) electrons. The van der Waals surface area contributed by atoms with Gasteiger partial charge in [0, 0.05) is 11.9 Å². The van der Waals surface area contributed by atoms with Crippen LogP contribution in [0.5, 0.6) is 0 Å². The van der Waals surface area contributed by atoms with Gasteiger partial charge in [-0.05, 0) is 12.5 Å². The molecule has 0 fully saturated rings. The van der Waals surface area contributed by atoms with Crippen molar-refractivity contribution >= 4 is 0 Å². The summed E-state index contributed by atoms with van der Waals surface area (Å²) in [5.41, 5.74) is 1.13. The Kier molecular flexibility index (Phi) is 6.59. The number of hydrogen-bond acceptors (Lipinski definition) is 2. The lowest BCUT2D eigenvalue weighted by atomic mass is 10.2. The molecule has 62 valence electrons. The SMILES string of the molecule is CC.CCCc1ccncn1. The monoisotopic (exact) mass is 152 g/mol. The normalized spacial score (nSPS) is 8.27. The molecule has 0 N–H and O–H groups in total. The van der Waals surface area contributed by atoms with Gasteiger partial charge in [-0.2, -0.15) is 0 Å². The highest BCUT2D eigenvalue weighted by Crippen LogP contribution is 1.94. The average molecular weight is 152 g/mol. The molecular formula is C9H16N2. The van der Waals surface area contributed by atoms with Crippen molar-refractivity contribution in [1.29, 1.82) is 0 Å². The molecule has 1 aromatic heterocycles. The van der Waals surface area contributed by atoms with Gasteiger partial charge in [0.1, 0.15) is 6.33 Å². The Hall–Kier alpha value is -0.920. The zero-order valence-electron chi connectivity index (χ0n) is 7.54. The molecule has 1 heterocycles. The van der Waals surface area contributed by atoms with Crippen LogP contribution in [-0.2, 0) is 6.42 Å². The molecule has 11 heavy (non-hydrogen) atoms. The molecule has 0 bridgehead atoms. The largest absolute Gasteiger partial charge is 0.245 e. The molecule has 1 aromatic rings. The van der Waals surface area contributed by atoms with Crippen molar-refractivity contribution in [2.45, 2.75) is 33.6 Å². The fourth-order valence-corrected chi connectivity index (χ4v) is 0.722. The summed E-state index contributed by atoms with van der Waals surface area (Å²) >= 11 is 0. The maximum Gasteiger partial charge on any atom is 0.115 e. The van der Waals surface area contributed by atoms with Crippen LogP contribution in [0.4, 0.5) is 0 Å². The summed E-state index contributed by atoms with van der Waals surface area (Å²) in [5.74, 6) is 0. The third-order valence-corrected chi connectivity index (χ3v) is 1.15. The standard InChI is InChI=1S/C7H10N2.C2H6/c1-2-3-7-4-5-8-6-9-7;1-2/h4-6H,2-3H2,1H3;1-2H3. The fraction of sp³-hybridized carbons (Fsp3) is 0.556. The first-order valence-electron chi connectivity index (χ1n) is 4.18. The quantitative estimate of drug-likeness (QED) is 0.650. The summed E-state index contributed by atoms with van der Waals surface area (Å²) in [5, 5.41) is 0. The van der Waals surface area contributed by atoms with E-state index in [1.54, 1.807) is 12.5 Å². The van der Waals surface area contributed by atoms with E-state index >= 15 is 0 Å². The van der Waals surface area contributed by atoms with Gasteiger partial charge in [-0.15, -0.1) is 0 Å². The third-order valence-electron chi connectivity index (χ3n) is 1.15. The van der Waals surface area contributed by atoms with Crippen LogP contribution in [0.1, 0.15) is 32.9 Å². The topological polar surface area (TPSA) is 25.8 Å². The summed E-state index contributed by atoms with van der Waals surface area (Å²) in [6.45, 7) is 6.14. The molecule has 0 amide bonds. The molecule has 2 nitrogen and oxygen atoms in total. The van der Waals surface area contributed by atoms with E-state index in [0.717, 1.165) is 18.5 Å². The van der Waals surface area contributed by atoms with Gasteiger partial charge in [0.25, 0.3) is 0 Å². The molecule has 0 aliphatic carbocycles. The minimum atomic E-state index is 1.06. The van der Waals surface area contributed by atoms with Gasteiger partial charge in [-0.3, -0.25) is 0 Å². The van der Waals surface area contributed by atoms with Gasteiger partial charge in [0.2, 0.25) is 0 Å². The Bertz CT molecular complexity index is 160. The zero-order chi connectivity index (χ0) is 8.53. The van der Waals surface area contributed by atoms with Crippen molar-refractivity contribution in [3.8, 4) is 0 Å². The van der Waals surface area contributed by atoms with Crippen LogP contribution in [0.2, 0.25) is 0 Å². The second kappa shape index (κ2) is 7.19. The van der Waals surface area contributed by atoms with Crippen LogP contribution in [0.15, 0.2) is 18.6 Å². The van der Waals surface area contributed by atoms with Crippen LogP contribution < -0.4 is 0 Å². The fourth-order valence-electron chi connectivity index (χ4n) is 0.722. The Morgan fingerprint density at radius 1 is 1.36 bits per heavy atom. The molecular weight excluding hydrogens is 136 g/mol. The van der Waals surface area contributed by atoms with E-state index in [1.807, 2.05) is 19.9 Å². The van der Waals surface area contributed by atoms with E-state index in [2.05, 4.69) is 16.9 Å². The number of rotatable bonds is 2. The highest BCUT2D eigenvalue weighted by atomic mass is 14.8. The predicted octanol–water partition coefficient (Wildman–Crippen LogP) is 2.46. The second-order valence-corrected chi connectivity index (χ2v) is 1.95. The maximum atomic E-state index is 4.06. The summed E-state index contributed by atoms with van der Waals surface area (Å²) in [6.07, 6.45) is 5.57. The lowest BCUT2D eigenvalue weighted by molar-refractivity contribution is 0.872. The first-order valence-corrected chi connectivity index (χ1v) is 4.18. The third kappa shape index (κ3) is 4.48. The molecule has 0 saturated heterocycles. The van der Waals surface area contributed by atoms with Crippen LogP contribution in [0.25, 0.3) is 0 Å². The van der Waals surface area contributed by atoms with E-state index in [-0.39, 0.29) is 0 Å². The minimum absolute atomic E-state index is 1.06. The highest BCUT2D eigenvalue weighted by molar-refractivity contribution is 4.96. The van der Waals surface area contributed by atoms with Crippen molar-refractivity contribution in [3.63, 3.8) is 0 Å². The Balaban J connectivity index is 0.000000461. The maximum absolute atomic E-state index is 4.06. The Morgan fingerprint density at radius 2 is 2.09 bits per heavy atom. The molecule has 0 saturated carbocycles. The molecule has 1 rings (SSSR count). The molecule has 0 aliphatic heterocycles. The van der Waals surface area contributed by atoms with Crippen LogP contribution in [-0.4, -0.2) is 9.97 Å². The summed E-state index contributed by atoms with van der Waals surface area (Å²) in [7, 11) is 0. The van der Waals surface area contributed by atoms with E-state index < -0.39 is 0 Å². The second-order valence-electron chi connectivity index (χ2n) is 1.95. The Morgan fingerprint density at radius 3 is 2.55 bits per heavy atom. The molecule has 0 aliphatic rings. The highest BCUT2D eigenvalue weighted by Gasteiger charge is 1.86. The molecule has 0 unspecified atom stereocenters. The predicted molar refractivity (Wildman–Crippen MR) is 47.4 cm³/mol. The molecule has 0 aromatic carbocycles. The van der Waals surface area contributed by atoms with E-state index in [4.69, 9.17) is 0 Å². The zero-order valence-corrected chi connectivity index (χ0v) is 7.54. The van der Waals surface area contributed by atoms with E-state index in [1.165, 1.54) is 0 Å². The molecule has 0 spiro atoms. The minimum Gasteiger partial charge on any atom is -0.245 e. The summed E-state index contributed by atoms with van der Waals surface area (Å²) in [6, 6.07) is 1.95. The number of aromatic nitrogens is 2. The molecule has 0 atom stereocenters. The van der Waals surface area contributed by atoms with Crippen molar-refractivity contribution in [3.05, 3.63) is 24.3 Å². The van der Waals surface area contributed by atoms with Gasteiger partial charge >= 0.3 is 0 Å². The van der Waals surface area contributed by atoms with Crippen molar-refractivity contribution < 1.29 is 0 Å². The Labute approximate surface area is 68.7 Å². The van der Waals surface area contributed by atoms with Crippen LogP contribution in [0.3, 0.4) is 0 Å². The first kappa shape index (κ1) is 10.1. The number of hydrogen-bond donors (Lipinski definition) is 0. The number of aryl methyl sites for hydroxylation is 1. The van der Waals surface area contributed by atoms with Crippen molar-refractivity contribution in [1.82, 2.24) is 9.97 Å². The lowest BCUT2D eigenvalue weighted by Gasteiger charge is -1.92. The molecule has 2 heteroatoms.